The third-order valence-corrected chi connectivity index (χ3v) is 5.08. The van der Waals surface area contributed by atoms with Crippen LogP contribution in [0.2, 0.25) is 0 Å². The second-order valence-corrected chi connectivity index (χ2v) is 7.21. The number of nitrogens with one attached hydrogen (secondary N) is 1. The zero-order valence-corrected chi connectivity index (χ0v) is 12.2. The number of nitrogen functional groups attached to an aromatic ring is 1. The molecule has 1 fully saturated rings. The van der Waals surface area contributed by atoms with Crippen LogP contribution in [0.1, 0.15) is 24.8 Å². The van der Waals surface area contributed by atoms with Gasteiger partial charge in [-0.15, -0.1) is 0 Å². The Morgan fingerprint density at radius 2 is 1.90 bits per heavy atom. The van der Waals surface area contributed by atoms with E-state index in [1.54, 1.807) is 12.1 Å². The smallest absolute Gasteiger partial charge is 0.180 e. The summed E-state index contributed by atoms with van der Waals surface area (Å²) in [5.74, 6) is 0.708. The molecule has 0 heterocycles. The predicted octanol–water partition coefficient (Wildman–Crippen LogP) is 1.56. The van der Waals surface area contributed by atoms with Crippen LogP contribution in [-0.2, 0) is 14.6 Å². The van der Waals surface area contributed by atoms with Crippen LogP contribution in [0.15, 0.2) is 29.2 Å². The van der Waals surface area contributed by atoms with Crippen molar-refractivity contribution in [3.8, 4) is 0 Å². The number of rotatable bonds is 8. The highest BCUT2D eigenvalue weighted by Gasteiger charge is 2.20. The Morgan fingerprint density at radius 3 is 2.45 bits per heavy atom. The lowest BCUT2D eigenvalue weighted by Gasteiger charge is -2.06. The second-order valence-electron chi connectivity index (χ2n) is 5.10. The van der Waals surface area contributed by atoms with E-state index in [2.05, 4.69) is 0 Å². The summed E-state index contributed by atoms with van der Waals surface area (Å²) in [5, 5.41) is 7.27. The molecule has 1 aliphatic carbocycles. The molecule has 6 heteroatoms. The number of benzene rings is 1. The molecular weight excluding hydrogens is 276 g/mol. The molecule has 0 aromatic heterocycles. The lowest BCUT2D eigenvalue weighted by molar-refractivity contribution is 0.142. The van der Waals surface area contributed by atoms with Crippen LogP contribution >= 0.6 is 0 Å². The molecule has 0 radical (unpaired) electrons. The Labute approximate surface area is 119 Å². The first-order chi connectivity index (χ1) is 9.49. The molecule has 1 saturated carbocycles. The van der Waals surface area contributed by atoms with Gasteiger partial charge in [-0.3, -0.25) is 5.41 Å². The van der Waals surface area contributed by atoms with Gasteiger partial charge in [-0.25, -0.2) is 8.42 Å². The molecule has 0 atom stereocenters. The van der Waals surface area contributed by atoms with Crippen LogP contribution in [0.5, 0.6) is 0 Å². The molecule has 110 valence electrons. The zero-order chi connectivity index (χ0) is 14.6. The van der Waals surface area contributed by atoms with Crippen molar-refractivity contribution in [1.82, 2.24) is 0 Å². The highest BCUT2D eigenvalue weighted by Crippen LogP contribution is 2.32. The van der Waals surface area contributed by atoms with Gasteiger partial charge in [0.1, 0.15) is 5.84 Å². The van der Waals surface area contributed by atoms with Crippen LogP contribution in [0, 0.1) is 11.3 Å². The van der Waals surface area contributed by atoms with Gasteiger partial charge in [-0.05, 0) is 24.5 Å². The molecule has 5 nitrogen and oxygen atoms in total. The van der Waals surface area contributed by atoms with Gasteiger partial charge < -0.3 is 10.5 Å². The Morgan fingerprint density at radius 1 is 1.25 bits per heavy atom. The Kier molecular flexibility index (Phi) is 4.77. The maximum absolute atomic E-state index is 12.1. The monoisotopic (exact) mass is 296 g/mol. The van der Waals surface area contributed by atoms with Crippen molar-refractivity contribution >= 4 is 15.7 Å². The van der Waals surface area contributed by atoms with Gasteiger partial charge in [0.15, 0.2) is 9.84 Å². The van der Waals surface area contributed by atoms with E-state index in [-0.39, 0.29) is 23.1 Å². The molecule has 0 saturated heterocycles. The summed E-state index contributed by atoms with van der Waals surface area (Å²) in [6.07, 6.45) is 3.60. The average molecular weight is 296 g/mol. The van der Waals surface area contributed by atoms with Crippen LogP contribution in [0.4, 0.5) is 0 Å². The number of sulfone groups is 1. The zero-order valence-electron chi connectivity index (χ0n) is 11.3. The lowest BCUT2D eigenvalue weighted by Crippen LogP contribution is -2.14. The molecule has 2 rings (SSSR count). The van der Waals surface area contributed by atoms with Crippen LogP contribution in [0.3, 0.4) is 0 Å². The van der Waals surface area contributed by atoms with Crippen molar-refractivity contribution in [3.05, 3.63) is 29.8 Å². The molecule has 1 aromatic rings. The molecule has 0 spiro atoms. The van der Waals surface area contributed by atoms with Gasteiger partial charge in [0.05, 0.1) is 17.3 Å². The van der Waals surface area contributed by atoms with E-state index >= 15 is 0 Å². The maximum atomic E-state index is 12.1. The third kappa shape index (κ3) is 4.31. The van der Waals surface area contributed by atoms with E-state index in [0.29, 0.717) is 12.2 Å². The molecule has 0 aliphatic heterocycles. The minimum atomic E-state index is -3.32. The molecule has 0 amide bonds. The first kappa shape index (κ1) is 15.0. The summed E-state index contributed by atoms with van der Waals surface area (Å²) in [6, 6.07) is 6.05. The summed E-state index contributed by atoms with van der Waals surface area (Å²) in [6.45, 7) is 0.868. The fraction of sp³-hybridized carbons (Fsp3) is 0.500. The Bertz CT molecular complexity index is 563. The van der Waals surface area contributed by atoms with Crippen LogP contribution in [0.25, 0.3) is 0 Å². The average Bonchev–Trinajstić information content (AvgIpc) is 3.22. The summed E-state index contributed by atoms with van der Waals surface area (Å²) in [7, 11) is -3.32. The quantitative estimate of drug-likeness (QED) is 0.432. The summed E-state index contributed by atoms with van der Waals surface area (Å²) < 4.78 is 29.5. The number of amidine groups is 1. The number of hydrogen-bond donors (Lipinski definition) is 2. The first-order valence-electron chi connectivity index (χ1n) is 6.74. The third-order valence-electron chi connectivity index (χ3n) is 3.39. The number of nitrogens with two attached hydrogens (primary N) is 1. The molecule has 3 N–H and O–H groups in total. The molecular formula is C14H20N2O3S. The molecule has 1 aromatic carbocycles. The van der Waals surface area contributed by atoms with Gasteiger partial charge in [0.25, 0.3) is 0 Å². The minimum absolute atomic E-state index is 0.0168. The van der Waals surface area contributed by atoms with Crippen molar-refractivity contribution in [2.75, 3.05) is 19.0 Å². The topological polar surface area (TPSA) is 93.2 Å². The van der Waals surface area contributed by atoms with Crippen molar-refractivity contribution in [2.45, 2.75) is 24.2 Å². The Hall–Kier alpha value is -1.40. The largest absolute Gasteiger partial charge is 0.384 e. The van der Waals surface area contributed by atoms with Gasteiger partial charge in [0.2, 0.25) is 0 Å². The lowest BCUT2D eigenvalue weighted by atomic mass is 10.2. The first-order valence-corrected chi connectivity index (χ1v) is 8.39. The molecule has 1 aliphatic rings. The van der Waals surface area contributed by atoms with Crippen LogP contribution < -0.4 is 5.73 Å². The van der Waals surface area contributed by atoms with Gasteiger partial charge in [0, 0.05) is 12.2 Å². The molecule has 0 unspecified atom stereocenters. The van der Waals surface area contributed by atoms with E-state index in [1.807, 2.05) is 0 Å². The maximum Gasteiger partial charge on any atom is 0.180 e. The van der Waals surface area contributed by atoms with Gasteiger partial charge >= 0.3 is 0 Å². The second kappa shape index (κ2) is 6.37. The Balaban J connectivity index is 1.83. The molecule has 0 bridgehead atoms. The molecule has 20 heavy (non-hydrogen) atoms. The standard InChI is InChI=1S/C14H20N2O3S/c15-14(16)12-3-5-13(6-4-12)20(17,18)10-9-19-8-7-11-1-2-11/h3-6,11H,1-2,7-10H2,(H3,15,16). The summed E-state index contributed by atoms with van der Waals surface area (Å²) in [4.78, 5) is 0.244. The number of ether oxygens (including phenoxy) is 1. The van der Waals surface area contributed by atoms with E-state index < -0.39 is 9.84 Å². The normalized spacial score (nSPS) is 15.2. The van der Waals surface area contributed by atoms with Gasteiger partial charge in [-0.2, -0.15) is 0 Å². The SMILES string of the molecule is N=C(N)c1ccc(S(=O)(=O)CCOCCC2CC2)cc1. The van der Waals surface area contributed by atoms with Crippen molar-refractivity contribution in [2.24, 2.45) is 11.7 Å². The van der Waals surface area contributed by atoms with Gasteiger partial charge in [-0.1, -0.05) is 25.0 Å². The number of hydrogen-bond acceptors (Lipinski definition) is 4. The van der Waals surface area contributed by atoms with Crippen molar-refractivity contribution < 1.29 is 13.2 Å². The predicted molar refractivity (Wildman–Crippen MR) is 77.7 cm³/mol. The fourth-order valence-electron chi connectivity index (χ4n) is 1.89. The highest BCUT2D eigenvalue weighted by molar-refractivity contribution is 7.91. The van der Waals surface area contributed by atoms with Crippen molar-refractivity contribution in [3.63, 3.8) is 0 Å². The summed E-state index contributed by atoms with van der Waals surface area (Å²) >= 11 is 0. The van der Waals surface area contributed by atoms with E-state index in [1.165, 1.54) is 25.0 Å². The van der Waals surface area contributed by atoms with Crippen molar-refractivity contribution in [1.29, 1.82) is 5.41 Å². The van der Waals surface area contributed by atoms with E-state index in [9.17, 15) is 8.42 Å². The van der Waals surface area contributed by atoms with E-state index in [4.69, 9.17) is 15.9 Å². The summed E-state index contributed by atoms with van der Waals surface area (Å²) in [5.41, 5.74) is 5.85. The fourth-order valence-corrected chi connectivity index (χ4v) is 3.01. The van der Waals surface area contributed by atoms with E-state index in [0.717, 1.165) is 12.3 Å². The van der Waals surface area contributed by atoms with Crippen LogP contribution in [-0.4, -0.2) is 33.2 Å². The minimum Gasteiger partial charge on any atom is -0.384 e. The highest BCUT2D eigenvalue weighted by atomic mass is 32.2.